The van der Waals surface area contributed by atoms with E-state index in [1.165, 1.54) is 0 Å². The largest absolute Gasteiger partial charge is 0.493 e. The molecule has 0 saturated heterocycles. The van der Waals surface area contributed by atoms with Crippen LogP contribution in [0.15, 0.2) is 40.9 Å². The van der Waals surface area contributed by atoms with Gasteiger partial charge in [0.2, 0.25) is 5.91 Å². The summed E-state index contributed by atoms with van der Waals surface area (Å²) in [6.07, 6.45) is 0.926. The third-order valence-electron chi connectivity index (χ3n) is 3.38. The molecule has 0 aliphatic rings. The van der Waals surface area contributed by atoms with Crippen molar-refractivity contribution in [2.45, 2.75) is 19.9 Å². The molecule has 0 unspecified atom stereocenters. The maximum absolute atomic E-state index is 11.2. The van der Waals surface area contributed by atoms with Crippen LogP contribution in [-0.2, 0) is 6.54 Å². The number of carbonyl (C=O) groups is 1. The van der Waals surface area contributed by atoms with Crippen molar-refractivity contribution in [1.82, 2.24) is 0 Å². The van der Waals surface area contributed by atoms with E-state index in [1.807, 2.05) is 18.2 Å². The minimum absolute atomic E-state index is 0.444. The van der Waals surface area contributed by atoms with Crippen LogP contribution in [0, 0.1) is 0 Å². The summed E-state index contributed by atoms with van der Waals surface area (Å²) in [6, 6.07) is 11.0. The van der Waals surface area contributed by atoms with Gasteiger partial charge in [0.05, 0.1) is 18.2 Å². The predicted molar refractivity (Wildman–Crippen MR) is 98.8 cm³/mol. The van der Waals surface area contributed by atoms with Crippen molar-refractivity contribution in [3.63, 3.8) is 0 Å². The highest BCUT2D eigenvalue weighted by atomic mass is 79.9. The number of anilines is 1. The second-order valence-electron chi connectivity index (χ2n) is 5.26. The van der Waals surface area contributed by atoms with Crippen molar-refractivity contribution >= 4 is 27.5 Å². The number of ether oxygens (including phenoxy) is 2. The van der Waals surface area contributed by atoms with E-state index < -0.39 is 5.91 Å². The van der Waals surface area contributed by atoms with E-state index in [4.69, 9.17) is 15.2 Å². The van der Waals surface area contributed by atoms with Crippen LogP contribution in [0.25, 0.3) is 0 Å². The number of hydrogen-bond acceptors (Lipinski definition) is 4. The molecule has 0 aliphatic heterocycles. The van der Waals surface area contributed by atoms with Crippen LogP contribution in [0.2, 0.25) is 0 Å². The van der Waals surface area contributed by atoms with E-state index in [2.05, 4.69) is 28.2 Å². The predicted octanol–water partition coefficient (Wildman–Crippen LogP) is 3.96. The van der Waals surface area contributed by atoms with Crippen molar-refractivity contribution < 1.29 is 14.3 Å². The Bertz CT molecular complexity index is 719. The SMILES string of the molecule is CCCOc1c(Br)cc(CNc2cccc(C(N)=O)c2)cc1OC. The zero-order valence-electron chi connectivity index (χ0n) is 13.8. The third kappa shape index (κ3) is 4.64. The van der Waals surface area contributed by atoms with E-state index in [-0.39, 0.29) is 0 Å². The van der Waals surface area contributed by atoms with Gasteiger partial charge in [0.25, 0.3) is 0 Å². The zero-order valence-corrected chi connectivity index (χ0v) is 15.4. The van der Waals surface area contributed by atoms with E-state index in [0.717, 1.165) is 22.1 Å². The number of carbonyl (C=O) groups excluding carboxylic acids is 1. The first-order chi connectivity index (χ1) is 11.5. The molecule has 1 amide bonds. The molecule has 0 heterocycles. The highest BCUT2D eigenvalue weighted by Crippen LogP contribution is 2.37. The van der Waals surface area contributed by atoms with Crippen molar-refractivity contribution in [1.29, 1.82) is 0 Å². The Kier molecular flexibility index (Phi) is 6.49. The quantitative estimate of drug-likeness (QED) is 0.712. The summed E-state index contributed by atoms with van der Waals surface area (Å²) >= 11 is 3.53. The van der Waals surface area contributed by atoms with Crippen LogP contribution in [0.5, 0.6) is 11.5 Å². The number of hydrogen-bond donors (Lipinski definition) is 2. The molecule has 0 aromatic heterocycles. The minimum Gasteiger partial charge on any atom is -0.493 e. The molecular formula is C18H21BrN2O3. The molecule has 0 spiro atoms. The van der Waals surface area contributed by atoms with E-state index in [9.17, 15) is 4.79 Å². The number of amides is 1. The van der Waals surface area contributed by atoms with Crippen LogP contribution < -0.4 is 20.5 Å². The Hall–Kier alpha value is -2.21. The average molecular weight is 393 g/mol. The maximum atomic E-state index is 11.2. The number of rotatable bonds is 8. The molecule has 2 aromatic rings. The third-order valence-corrected chi connectivity index (χ3v) is 3.97. The van der Waals surface area contributed by atoms with Gasteiger partial charge in [-0.05, 0) is 58.2 Å². The first kappa shape index (κ1) is 18.1. The second kappa shape index (κ2) is 8.59. The van der Waals surface area contributed by atoms with Crippen molar-refractivity contribution in [3.8, 4) is 11.5 Å². The topological polar surface area (TPSA) is 73.6 Å². The summed E-state index contributed by atoms with van der Waals surface area (Å²) in [4.78, 5) is 11.2. The number of benzene rings is 2. The highest BCUT2D eigenvalue weighted by molar-refractivity contribution is 9.10. The van der Waals surface area contributed by atoms with Gasteiger partial charge in [0, 0.05) is 17.8 Å². The van der Waals surface area contributed by atoms with Gasteiger partial charge in [-0.15, -0.1) is 0 Å². The van der Waals surface area contributed by atoms with Crippen LogP contribution in [0.3, 0.4) is 0 Å². The Morgan fingerprint density at radius 2 is 2.08 bits per heavy atom. The van der Waals surface area contributed by atoms with E-state index in [1.54, 1.807) is 25.3 Å². The summed E-state index contributed by atoms with van der Waals surface area (Å²) in [5.41, 5.74) is 7.62. The number of nitrogens with two attached hydrogens (primary N) is 1. The summed E-state index contributed by atoms with van der Waals surface area (Å²) in [6.45, 7) is 3.26. The fraction of sp³-hybridized carbons (Fsp3) is 0.278. The minimum atomic E-state index is -0.444. The van der Waals surface area contributed by atoms with E-state index >= 15 is 0 Å². The van der Waals surface area contributed by atoms with Gasteiger partial charge in [0.1, 0.15) is 0 Å². The normalized spacial score (nSPS) is 10.3. The first-order valence-electron chi connectivity index (χ1n) is 7.68. The van der Waals surface area contributed by atoms with Crippen LogP contribution in [-0.4, -0.2) is 19.6 Å². The zero-order chi connectivity index (χ0) is 17.5. The molecule has 0 fully saturated rings. The van der Waals surface area contributed by atoms with Gasteiger partial charge in [-0.2, -0.15) is 0 Å². The Morgan fingerprint density at radius 1 is 1.29 bits per heavy atom. The Labute approximate surface area is 150 Å². The average Bonchev–Trinajstić information content (AvgIpc) is 2.58. The molecule has 0 bridgehead atoms. The van der Waals surface area contributed by atoms with Gasteiger partial charge >= 0.3 is 0 Å². The molecule has 2 aromatic carbocycles. The van der Waals surface area contributed by atoms with Crippen molar-refractivity contribution in [2.75, 3.05) is 19.0 Å². The van der Waals surface area contributed by atoms with Gasteiger partial charge < -0.3 is 20.5 Å². The fourth-order valence-electron chi connectivity index (χ4n) is 2.21. The Balaban J connectivity index is 2.14. The lowest BCUT2D eigenvalue weighted by Gasteiger charge is -2.15. The van der Waals surface area contributed by atoms with Gasteiger partial charge in [-0.1, -0.05) is 13.0 Å². The Morgan fingerprint density at radius 3 is 2.75 bits per heavy atom. The summed E-state index contributed by atoms with van der Waals surface area (Å²) in [5.74, 6) is 0.944. The molecule has 24 heavy (non-hydrogen) atoms. The summed E-state index contributed by atoms with van der Waals surface area (Å²) in [5, 5.41) is 3.27. The van der Waals surface area contributed by atoms with Crippen LogP contribution >= 0.6 is 15.9 Å². The number of nitrogens with one attached hydrogen (secondary N) is 1. The maximum Gasteiger partial charge on any atom is 0.248 e. The highest BCUT2D eigenvalue weighted by Gasteiger charge is 2.11. The molecule has 0 atom stereocenters. The molecule has 0 aliphatic carbocycles. The standard InChI is InChI=1S/C18H21BrN2O3/c1-3-7-24-17-15(19)8-12(9-16(17)23-2)11-21-14-6-4-5-13(10-14)18(20)22/h4-6,8-10,21H,3,7,11H2,1-2H3,(H2,20,22). The molecule has 3 N–H and O–H groups in total. The van der Waals surface area contributed by atoms with Crippen molar-refractivity contribution in [3.05, 3.63) is 52.0 Å². The van der Waals surface area contributed by atoms with E-state index in [0.29, 0.717) is 30.2 Å². The number of primary amides is 1. The molecule has 2 rings (SSSR count). The lowest BCUT2D eigenvalue weighted by Crippen LogP contribution is -2.11. The van der Waals surface area contributed by atoms with Gasteiger partial charge in [-0.25, -0.2) is 0 Å². The number of methoxy groups -OCH3 is 1. The molecule has 0 saturated carbocycles. The molecule has 0 radical (unpaired) electrons. The first-order valence-corrected chi connectivity index (χ1v) is 8.47. The molecule has 128 valence electrons. The van der Waals surface area contributed by atoms with Gasteiger partial charge in [-0.3, -0.25) is 4.79 Å². The lowest BCUT2D eigenvalue weighted by molar-refractivity contribution is 0.100. The molecular weight excluding hydrogens is 372 g/mol. The van der Waals surface area contributed by atoms with Crippen LogP contribution in [0.1, 0.15) is 29.3 Å². The summed E-state index contributed by atoms with van der Waals surface area (Å²) < 4.78 is 12.0. The van der Waals surface area contributed by atoms with Crippen LogP contribution in [0.4, 0.5) is 5.69 Å². The molecule has 5 nitrogen and oxygen atoms in total. The fourth-order valence-corrected chi connectivity index (χ4v) is 2.81. The van der Waals surface area contributed by atoms with Gasteiger partial charge in [0.15, 0.2) is 11.5 Å². The second-order valence-corrected chi connectivity index (χ2v) is 6.11. The molecule has 6 heteroatoms. The van der Waals surface area contributed by atoms with Crippen molar-refractivity contribution in [2.24, 2.45) is 5.73 Å². The summed E-state index contributed by atoms with van der Waals surface area (Å²) in [7, 11) is 1.62. The number of halogens is 1. The smallest absolute Gasteiger partial charge is 0.248 e. The monoisotopic (exact) mass is 392 g/mol. The lowest BCUT2D eigenvalue weighted by atomic mass is 10.1.